The Morgan fingerprint density at radius 3 is 2.18 bits per heavy atom. The lowest BCUT2D eigenvalue weighted by molar-refractivity contribution is 0.0955. The second kappa shape index (κ2) is 11.3. The molecule has 1 N–H and O–H groups in total. The van der Waals surface area contributed by atoms with Crippen LogP contribution in [0.15, 0.2) is 102 Å². The van der Waals surface area contributed by atoms with Crippen LogP contribution < -0.4 is 10.2 Å². The zero-order valence-corrected chi connectivity index (χ0v) is 22.7. The fourth-order valence-corrected chi connectivity index (χ4v) is 4.88. The first-order valence-corrected chi connectivity index (χ1v) is 13.1. The van der Waals surface area contributed by atoms with E-state index in [9.17, 15) is 4.79 Å². The molecule has 1 amide bonds. The van der Waals surface area contributed by atoms with Gasteiger partial charge in [-0.3, -0.25) is 4.79 Å². The summed E-state index contributed by atoms with van der Waals surface area (Å²) in [7, 11) is 0. The number of carbonyl (C=O) groups excluding carboxylic acids is 1. The van der Waals surface area contributed by atoms with Crippen molar-refractivity contribution in [3.05, 3.63) is 125 Å². The van der Waals surface area contributed by atoms with E-state index >= 15 is 0 Å². The monoisotopic (exact) mass is 516 g/mol. The molecule has 196 valence electrons. The number of rotatable bonds is 8. The molecule has 0 aliphatic carbocycles. The molecular weight excluding hydrogens is 484 g/mol. The lowest BCUT2D eigenvalue weighted by Crippen LogP contribution is -2.17. The van der Waals surface area contributed by atoms with Gasteiger partial charge in [0.2, 0.25) is 0 Å². The van der Waals surface area contributed by atoms with Crippen LogP contribution in [0.4, 0.5) is 0 Å². The molecule has 6 nitrogen and oxygen atoms in total. The number of nitrogens with one attached hydrogen (secondary N) is 1. The molecule has 5 rings (SSSR count). The third-order valence-electron chi connectivity index (χ3n) is 6.78. The minimum Gasteiger partial charge on any atom is -0.494 e. The zero-order chi connectivity index (χ0) is 27.4. The van der Waals surface area contributed by atoms with Crippen molar-refractivity contribution in [3.63, 3.8) is 0 Å². The van der Waals surface area contributed by atoms with Crippen molar-refractivity contribution in [2.45, 2.75) is 27.7 Å². The lowest BCUT2D eigenvalue weighted by atomic mass is 10.1. The Morgan fingerprint density at radius 2 is 1.49 bits per heavy atom. The van der Waals surface area contributed by atoms with Crippen molar-refractivity contribution in [1.29, 1.82) is 0 Å². The summed E-state index contributed by atoms with van der Waals surface area (Å²) in [6.45, 7) is 8.78. The maximum absolute atomic E-state index is 12.8. The van der Waals surface area contributed by atoms with E-state index in [0.29, 0.717) is 12.2 Å². The molecule has 0 atom stereocenters. The molecule has 0 radical (unpaired) electrons. The van der Waals surface area contributed by atoms with Crippen LogP contribution >= 0.6 is 0 Å². The minimum atomic E-state index is -0.259. The van der Waals surface area contributed by atoms with E-state index in [-0.39, 0.29) is 5.91 Å². The number of hydrogen-bond donors (Lipinski definition) is 1. The summed E-state index contributed by atoms with van der Waals surface area (Å²) in [6.07, 6.45) is 1.69. The van der Waals surface area contributed by atoms with Gasteiger partial charge in [-0.15, -0.1) is 0 Å². The van der Waals surface area contributed by atoms with Crippen molar-refractivity contribution in [2.75, 3.05) is 6.61 Å². The molecule has 0 saturated carbocycles. The van der Waals surface area contributed by atoms with Crippen LogP contribution in [0.3, 0.4) is 0 Å². The highest BCUT2D eigenvalue weighted by Crippen LogP contribution is 2.26. The summed E-state index contributed by atoms with van der Waals surface area (Å²) in [4.78, 5) is 12.8. The van der Waals surface area contributed by atoms with Crippen LogP contribution in [0.5, 0.6) is 5.75 Å². The first kappa shape index (κ1) is 25.8. The number of carbonyl (C=O) groups is 1. The summed E-state index contributed by atoms with van der Waals surface area (Å²) in [5, 5.41) is 4.24. The van der Waals surface area contributed by atoms with Crippen LogP contribution in [0, 0.1) is 20.8 Å². The number of aromatic nitrogens is 2. The summed E-state index contributed by atoms with van der Waals surface area (Å²) in [5.41, 5.74) is 11.7. The molecule has 2 heterocycles. The highest BCUT2D eigenvalue weighted by atomic mass is 16.5. The van der Waals surface area contributed by atoms with Gasteiger partial charge in [-0.05, 0) is 100.0 Å². The van der Waals surface area contributed by atoms with Gasteiger partial charge in [-0.1, -0.05) is 30.3 Å². The average molecular weight is 517 g/mol. The van der Waals surface area contributed by atoms with E-state index in [1.54, 1.807) is 6.21 Å². The number of hydrogen-bond acceptors (Lipinski definition) is 3. The van der Waals surface area contributed by atoms with Crippen LogP contribution in [-0.2, 0) is 0 Å². The molecule has 3 aromatic carbocycles. The third kappa shape index (κ3) is 5.41. The Kier molecular flexibility index (Phi) is 7.46. The molecule has 0 bridgehead atoms. The molecule has 0 fully saturated rings. The maximum atomic E-state index is 12.8. The predicted molar refractivity (Wildman–Crippen MR) is 157 cm³/mol. The van der Waals surface area contributed by atoms with Crippen LogP contribution in [-0.4, -0.2) is 27.9 Å². The number of hydrazone groups is 1. The van der Waals surface area contributed by atoms with Gasteiger partial charge in [0.05, 0.1) is 18.5 Å². The van der Waals surface area contributed by atoms with E-state index in [1.807, 2.05) is 80.6 Å². The first-order valence-electron chi connectivity index (χ1n) is 13.1. The van der Waals surface area contributed by atoms with Gasteiger partial charge < -0.3 is 13.9 Å². The number of benzene rings is 3. The summed E-state index contributed by atoms with van der Waals surface area (Å²) >= 11 is 0. The zero-order valence-electron chi connectivity index (χ0n) is 22.7. The Balaban J connectivity index is 1.29. The van der Waals surface area contributed by atoms with E-state index in [1.165, 1.54) is 0 Å². The van der Waals surface area contributed by atoms with Gasteiger partial charge in [-0.2, -0.15) is 5.10 Å². The molecule has 39 heavy (non-hydrogen) atoms. The molecule has 6 heteroatoms. The molecule has 0 spiro atoms. The highest BCUT2D eigenvalue weighted by Gasteiger charge is 2.12. The Hall–Kier alpha value is -4.84. The van der Waals surface area contributed by atoms with Gasteiger partial charge >= 0.3 is 0 Å². The Morgan fingerprint density at radius 1 is 0.821 bits per heavy atom. The lowest BCUT2D eigenvalue weighted by Gasteiger charge is -2.12. The van der Waals surface area contributed by atoms with Gasteiger partial charge in [0.1, 0.15) is 5.75 Å². The van der Waals surface area contributed by atoms with Gasteiger partial charge in [0, 0.05) is 39.6 Å². The van der Waals surface area contributed by atoms with Crippen molar-refractivity contribution < 1.29 is 9.53 Å². The predicted octanol–water partition coefficient (Wildman–Crippen LogP) is 7.02. The molecule has 2 aromatic heterocycles. The number of ether oxygens (including phenoxy) is 1. The summed E-state index contributed by atoms with van der Waals surface area (Å²) in [6, 6.07) is 32.1. The summed E-state index contributed by atoms with van der Waals surface area (Å²) in [5.74, 6) is 0.590. The fourth-order valence-electron chi connectivity index (χ4n) is 4.88. The highest BCUT2D eigenvalue weighted by molar-refractivity contribution is 5.95. The minimum absolute atomic E-state index is 0.259. The Labute approximate surface area is 229 Å². The number of aryl methyl sites for hydroxylation is 2. The third-order valence-corrected chi connectivity index (χ3v) is 6.78. The smallest absolute Gasteiger partial charge is 0.271 e. The van der Waals surface area contributed by atoms with Gasteiger partial charge in [0.15, 0.2) is 0 Å². The second-order valence-corrected chi connectivity index (χ2v) is 9.40. The van der Waals surface area contributed by atoms with Crippen molar-refractivity contribution >= 4 is 12.1 Å². The number of amides is 1. The van der Waals surface area contributed by atoms with Crippen LogP contribution in [0.1, 0.15) is 39.9 Å². The van der Waals surface area contributed by atoms with E-state index in [0.717, 1.165) is 51.0 Å². The maximum Gasteiger partial charge on any atom is 0.271 e. The fraction of sp³-hybridized carbons (Fsp3) is 0.152. The van der Waals surface area contributed by atoms with E-state index in [2.05, 4.69) is 63.8 Å². The topological polar surface area (TPSA) is 60.5 Å². The van der Waals surface area contributed by atoms with E-state index < -0.39 is 0 Å². The summed E-state index contributed by atoms with van der Waals surface area (Å²) < 4.78 is 9.90. The molecule has 0 unspecified atom stereocenters. The Bertz CT molecular complexity index is 1610. The van der Waals surface area contributed by atoms with Crippen molar-refractivity contribution in [2.24, 2.45) is 5.10 Å². The molecule has 5 aromatic rings. The SMILES string of the molecule is CCOc1ccc(-n2c(C)cc(/C=N/NC(=O)c3ccc(-n4c(C)ccc4-c4ccccc4)cc3)c2C)cc1. The first-order chi connectivity index (χ1) is 19.0. The normalized spacial score (nSPS) is 11.2. The van der Waals surface area contributed by atoms with Gasteiger partial charge in [-0.25, -0.2) is 5.43 Å². The van der Waals surface area contributed by atoms with E-state index in [4.69, 9.17) is 4.74 Å². The van der Waals surface area contributed by atoms with Crippen molar-refractivity contribution in [1.82, 2.24) is 14.6 Å². The molecule has 0 aliphatic heterocycles. The average Bonchev–Trinajstić information content (AvgIpc) is 3.48. The quantitative estimate of drug-likeness (QED) is 0.178. The number of nitrogens with zero attached hydrogens (tertiary/aromatic N) is 3. The molecule has 0 saturated heterocycles. The van der Waals surface area contributed by atoms with Gasteiger partial charge in [0.25, 0.3) is 5.91 Å². The van der Waals surface area contributed by atoms with Crippen LogP contribution in [0.25, 0.3) is 22.6 Å². The molecular formula is C33H32N4O2. The standard InChI is InChI=1S/C33H32N4O2/c1-5-39-31-18-16-29(17-19-31)36-24(3)21-28(25(36)4)22-34-35-33(38)27-12-14-30(15-13-27)37-23(2)11-20-32(37)26-9-7-6-8-10-26/h6-22H,5H2,1-4H3,(H,35,38)/b34-22+. The second-order valence-electron chi connectivity index (χ2n) is 9.40. The molecule has 0 aliphatic rings. The van der Waals surface area contributed by atoms with Crippen molar-refractivity contribution in [3.8, 4) is 28.4 Å². The van der Waals surface area contributed by atoms with Crippen LogP contribution in [0.2, 0.25) is 0 Å². The largest absolute Gasteiger partial charge is 0.494 e.